The highest BCUT2D eigenvalue weighted by atomic mass is 35.5. The number of halogens is 1. The summed E-state index contributed by atoms with van der Waals surface area (Å²) in [5.41, 5.74) is 0.616. The monoisotopic (exact) mass is 267 g/mol. The summed E-state index contributed by atoms with van der Waals surface area (Å²) in [6.45, 7) is 2.68. The number of hydrogen-bond donors (Lipinski definition) is 2. The first kappa shape index (κ1) is 12.7. The molecule has 0 spiro atoms. The molecule has 1 aliphatic heterocycles. The minimum atomic E-state index is -0.460. The van der Waals surface area contributed by atoms with Crippen LogP contribution in [0.1, 0.15) is 6.92 Å². The molecule has 18 heavy (non-hydrogen) atoms. The largest absolute Gasteiger partial charge is 0.353 e. The van der Waals surface area contributed by atoms with E-state index in [1.165, 1.54) is 4.90 Å². The molecule has 6 heteroatoms. The predicted molar refractivity (Wildman–Crippen MR) is 69.6 cm³/mol. The van der Waals surface area contributed by atoms with E-state index in [2.05, 4.69) is 10.6 Å². The van der Waals surface area contributed by atoms with Gasteiger partial charge < -0.3 is 15.5 Å². The smallest absolute Gasteiger partial charge is 0.322 e. The minimum absolute atomic E-state index is 0.137. The molecule has 1 aliphatic rings. The van der Waals surface area contributed by atoms with Gasteiger partial charge in [-0.3, -0.25) is 4.79 Å². The van der Waals surface area contributed by atoms with Gasteiger partial charge in [-0.25, -0.2) is 4.79 Å². The molecule has 0 aromatic heterocycles. The van der Waals surface area contributed by atoms with Crippen LogP contribution in [0.2, 0.25) is 5.02 Å². The number of piperazine rings is 1. The third kappa shape index (κ3) is 2.73. The molecular weight excluding hydrogens is 254 g/mol. The first-order valence-corrected chi connectivity index (χ1v) is 6.06. The van der Waals surface area contributed by atoms with Gasteiger partial charge in [0.25, 0.3) is 0 Å². The van der Waals surface area contributed by atoms with Crippen LogP contribution in [0.4, 0.5) is 10.5 Å². The van der Waals surface area contributed by atoms with E-state index in [-0.39, 0.29) is 11.9 Å². The summed E-state index contributed by atoms with van der Waals surface area (Å²) in [5.74, 6) is -0.137. The number of urea groups is 1. The molecule has 2 N–H and O–H groups in total. The first-order valence-electron chi connectivity index (χ1n) is 5.69. The molecule has 0 saturated carbocycles. The van der Waals surface area contributed by atoms with E-state index in [4.69, 9.17) is 11.6 Å². The molecular formula is C12H14ClN3O2. The SMILES string of the molecule is C[C@H]1C(=O)NCCN1C(=O)Nc1cccc(Cl)c1. The van der Waals surface area contributed by atoms with Crippen LogP contribution < -0.4 is 10.6 Å². The molecule has 1 heterocycles. The summed E-state index contributed by atoms with van der Waals surface area (Å²) < 4.78 is 0. The number of hydrogen-bond acceptors (Lipinski definition) is 2. The number of carbonyl (C=O) groups excluding carboxylic acids is 2. The molecule has 1 aromatic carbocycles. The van der Waals surface area contributed by atoms with Gasteiger partial charge in [-0.05, 0) is 25.1 Å². The van der Waals surface area contributed by atoms with Gasteiger partial charge in [0, 0.05) is 23.8 Å². The third-order valence-electron chi connectivity index (χ3n) is 2.84. The Hall–Kier alpha value is -1.75. The predicted octanol–water partition coefficient (Wildman–Crippen LogP) is 1.69. The summed E-state index contributed by atoms with van der Waals surface area (Å²) >= 11 is 5.84. The van der Waals surface area contributed by atoms with Crippen molar-refractivity contribution in [3.63, 3.8) is 0 Å². The molecule has 1 fully saturated rings. The summed E-state index contributed by atoms with van der Waals surface area (Å²) in [5, 5.41) is 5.99. The molecule has 0 unspecified atom stereocenters. The van der Waals surface area contributed by atoms with Crippen LogP contribution in [0.15, 0.2) is 24.3 Å². The maximum atomic E-state index is 12.0. The van der Waals surface area contributed by atoms with Crippen LogP contribution >= 0.6 is 11.6 Å². The highest BCUT2D eigenvalue weighted by Gasteiger charge is 2.29. The van der Waals surface area contributed by atoms with E-state index in [1.807, 2.05) is 0 Å². The average molecular weight is 268 g/mol. The van der Waals surface area contributed by atoms with Gasteiger partial charge in [0.15, 0.2) is 0 Å². The van der Waals surface area contributed by atoms with Crippen LogP contribution in [-0.2, 0) is 4.79 Å². The third-order valence-corrected chi connectivity index (χ3v) is 3.07. The minimum Gasteiger partial charge on any atom is -0.353 e. The molecule has 0 radical (unpaired) electrons. The summed E-state index contributed by atoms with van der Waals surface area (Å²) in [4.78, 5) is 25.0. The zero-order valence-corrected chi connectivity index (χ0v) is 10.7. The number of nitrogens with zero attached hydrogens (tertiary/aromatic N) is 1. The van der Waals surface area contributed by atoms with Gasteiger partial charge in [0.05, 0.1) is 0 Å². The van der Waals surface area contributed by atoms with Crippen LogP contribution in [0.3, 0.4) is 0 Å². The topological polar surface area (TPSA) is 61.4 Å². The fourth-order valence-electron chi connectivity index (χ4n) is 1.82. The Balaban J connectivity index is 2.05. The van der Waals surface area contributed by atoms with E-state index in [0.29, 0.717) is 23.8 Å². The number of carbonyl (C=O) groups is 2. The number of nitrogens with one attached hydrogen (secondary N) is 2. The van der Waals surface area contributed by atoms with Gasteiger partial charge in [-0.2, -0.15) is 0 Å². The first-order chi connectivity index (χ1) is 8.58. The summed E-state index contributed by atoms with van der Waals surface area (Å²) in [6, 6.07) is 6.14. The maximum Gasteiger partial charge on any atom is 0.322 e. The Morgan fingerprint density at radius 1 is 1.56 bits per heavy atom. The summed E-state index contributed by atoms with van der Waals surface area (Å²) in [6.07, 6.45) is 0. The van der Waals surface area contributed by atoms with Gasteiger partial charge in [-0.1, -0.05) is 17.7 Å². The fourth-order valence-corrected chi connectivity index (χ4v) is 2.01. The molecule has 1 saturated heterocycles. The number of amides is 3. The van der Waals surface area contributed by atoms with Crippen molar-refractivity contribution in [3.05, 3.63) is 29.3 Å². The highest BCUT2D eigenvalue weighted by molar-refractivity contribution is 6.30. The molecule has 5 nitrogen and oxygen atoms in total. The Morgan fingerprint density at radius 3 is 3.06 bits per heavy atom. The molecule has 2 rings (SSSR count). The standard InChI is InChI=1S/C12H14ClN3O2/c1-8-11(17)14-5-6-16(8)12(18)15-10-4-2-3-9(13)7-10/h2-4,7-8H,5-6H2,1H3,(H,14,17)(H,15,18)/t8-/m0/s1. The van der Waals surface area contributed by atoms with Crippen molar-refractivity contribution >= 4 is 29.2 Å². The lowest BCUT2D eigenvalue weighted by Gasteiger charge is -2.32. The van der Waals surface area contributed by atoms with Crippen molar-refractivity contribution in [1.82, 2.24) is 10.2 Å². The van der Waals surface area contributed by atoms with Crippen molar-refractivity contribution in [2.45, 2.75) is 13.0 Å². The van der Waals surface area contributed by atoms with Crippen molar-refractivity contribution < 1.29 is 9.59 Å². The van der Waals surface area contributed by atoms with Crippen LogP contribution in [0, 0.1) is 0 Å². The van der Waals surface area contributed by atoms with Crippen molar-refractivity contribution in [3.8, 4) is 0 Å². The molecule has 1 atom stereocenters. The quantitative estimate of drug-likeness (QED) is 0.813. The zero-order chi connectivity index (χ0) is 13.1. The van der Waals surface area contributed by atoms with Crippen molar-refractivity contribution in [1.29, 1.82) is 0 Å². The van der Waals surface area contributed by atoms with Crippen LogP contribution in [0.5, 0.6) is 0 Å². The maximum absolute atomic E-state index is 12.0. The molecule has 96 valence electrons. The van der Waals surface area contributed by atoms with Gasteiger partial charge in [-0.15, -0.1) is 0 Å². The molecule has 0 aliphatic carbocycles. The zero-order valence-electron chi connectivity index (χ0n) is 9.94. The fraction of sp³-hybridized carbons (Fsp3) is 0.333. The number of rotatable bonds is 1. The normalized spacial score (nSPS) is 19.3. The van der Waals surface area contributed by atoms with E-state index < -0.39 is 6.04 Å². The van der Waals surface area contributed by atoms with Crippen LogP contribution in [-0.4, -0.2) is 36.0 Å². The molecule has 1 aromatic rings. The molecule has 3 amide bonds. The second kappa shape index (κ2) is 5.27. The van der Waals surface area contributed by atoms with Crippen LogP contribution in [0.25, 0.3) is 0 Å². The van der Waals surface area contributed by atoms with Gasteiger partial charge in [0.1, 0.15) is 6.04 Å². The Kier molecular flexibility index (Phi) is 3.72. The van der Waals surface area contributed by atoms with E-state index in [0.717, 1.165) is 0 Å². The highest BCUT2D eigenvalue weighted by Crippen LogP contribution is 2.16. The lowest BCUT2D eigenvalue weighted by Crippen LogP contribution is -2.56. The lowest BCUT2D eigenvalue weighted by atomic mass is 10.2. The van der Waals surface area contributed by atoms with Crippen molar-refractivity contribution in [2.75, 3.05) is 18.4 Å². The van der Waals surface area contributed by atoms with E-state index in [1.54, 1.807) is 31.2 Å². The average Bonchev–Trinajstić information content (AvgIpc) is 2.32. The van der Waals surface area contributed by atoms with E-state index >= 15 is 0 Å². The Labute approximate surface area is 110 Å². The molecule has 0 bridgehead atoms. The Bertz CT molecular complexity index is 478. The second-order valence-corrected chi connectivity index (χ2v) is 4.54. The Morgan fingerprint density at radius 2 is 2.33 bits per heavy atom. The number of anilines is 1. The lowest BCUT2D eigenvalue weighted by molar-refractivity contribution is -0.126. The number of benzene rings is 1. The van der Waals surface area contributed by atoms with E-state index in [9.17, 15) is 9.59 Å². The van der Waals surface area contributed by atoms with Crippen molar-refractivity contribution in [2.24, 2.45) is 0 Å². The second-order valence-electron chi connectivity index (χ2n) is 4.10. The summed E-state index contributed by atoms with van der Waals surface area (Å²) in [7, 11) is 0. The van der Waals surface area contributed by atoms with Gasteiger partial charge >= 0.3 is 6.03 Å². The van der Waals surface area contributed by atoms with Gasteiger partial charge in [0.2, 0.25) is 5.91 Å².